The standard InChI is InChI=1S/C12H12ClN3O/c13-10-4-5-11(15-9-10)14-6-8-16-7-2-1-3-12(16)17/h1-5,7,9H,6,8H2,(H,14,15). The minimum atomic E-state index is -0.00151. The second-order valence-corrected chi connectivity index (χ2v) is 3.96. The number of rotatable bonds is 4. The van der Waals surface area contributed by atoms with Crippen molar-refractivity contribution in [2.45, 2.75) is 6.54 Å². The topological polar surface area (TPSA) is 46.9 Å². The lowest BCUT2D eigenvalue weighted by atomic mass is 10.4. The molecule has 4 nitrogen and oxygen atoms in total. The molecule has 0 aromatic carbocycles. The first-order chi connectivity index (χ1) is 8.25. The number of hydrogen-bond acceptors (Lipinski definition) is 3. The molecule has 0 saturated heterocycles. The summed E-state index contributed by atoms with van der Waals surface area (Å²) in [6.45, 7) is 1.24. The maximum Gasteiger partial charge on any atom is 0.250 e. The minimum Gasteiger partial charge on any atom is -0.368 e. The summed E-state index contributed by atoms with van der Waals surface area (Å²) in [5.41, 5.74) is -0.00151. The highest BCUT2D eigenvalue weighted by Crippen LogP contribution is 2.08. The van der Waals surface area contributed by atoms with Gasteiger partial charge in [0.2, 0.25) is 0 Å². The summed E-state index contributed by atoms with van der Waals surface area (Å²) < 4.78 is 1.64. The average molecular weight is 250 g/mol. The van der Waals surface area contributed by atoms with Gasteiger partial charge in [-0.1, -0.05) is 17.7 Å². The van der Waals surface area contributed by atoms with Crippen molar-refractivity contribution in [3.8, 4) is 0 Å². The highest BCUT2D eigenvalue weighted by molar-refractivity contribution is 6.30. The van der Waals surface area contributed by atoms with Crippen LogP contribution in [-0.2, 0) is 6.54 Å². The third kappa shape index (κ3) is 3.32. The smallest absolute Gasteiger partial charge is 0.250 e. The van der Waals surface area contributed by atoms with Crippen LogP contribution in [0.15, 0.2) is 47.5 Å². The van der Waals surface area contributed by atoms with Crippen molar-refractivity contribution >= 4 is 17.4 Å². The zero-order valence-electron chi connectivity index (χ0n) is 9.14. The van der Waals surface area contributed by atoms with E-state index in [2.05, 4.69) is 10.3 Å². The molecule has 0 aliphatic rings. The average Bonchev–Trinajstić information content (AvgIpc) is 2.34. The molecule has 0 atom stereocenters. The molecule has 0 aliphatic carbocycles. The Morgan fingerprint density at radius 2 is 2.18 bits per heavy atom. The van der Waals surface area contributed by atoms with Crippen molar-refractivity contribution in [1.29, 1.82) is 0 Å². The van der Waals surface area contributed by atoms with E-state index in [1.165, 1.54) is 0 Å². The van der Waals surface area contributed by atoms with Gasteiger partial charge in [0.25, 0.3) is 5.56 Å². The van der Waals surface area contributed by atoms with Crippen LogP contribution in [0.1, 0.15) is 0 Å². The Balaban J connectivity index is 1.90. The van der Waals surface area contributed by atoms with Crippen molar-refractivity contribution in [2.75, 3.05) is 11.9 Å². The molecule has 2 rings (SSSR count). The molecule has 0 aliphatic heterocycles. The van der Waals surface area contributed by atoms with Crippen LogP contribution in [0, 0.1) is 0 Å². The molecule has 1 N–H and O–H groups in total. The Kier molecular flexibility index (Phi) is 3.77. The molecule has 88 valence electrons. The van der Waals surface area contributed by atoms with Gasteiger partial charge < -0.3 is 9.88 Å². The number of aromatic nitrogens is 2. The van der Waals surface area contributed by atoms with Crippen molar-refractivity contribution in [3.05, 3.63) is 58.1 Å². The maximum absolute atomic E-state index is 11.4. The molecular formula is C12H12ClN3O. The highest BCUT2D eigenvalue weighted by atomic mass is 35.5. The summed E-state index contributed by atoms with van der Waals surface area (Å²) in [5.74, 6) is 0.749. The summed E-state index contributed by atoms with van der Waals surface area (Å²) >= 11 is 5.73. The predicted molar refractivity (Wildman–Crippen MR) is 68.4 cm³/mol. The number of halogens is 1. The highest BCUT2D eigenvalue weighted by Gasteiger charge is 1.95. The van der Waals surface area contributed by atoms with Gasteiger partial charge in [-0.3, -0.25) is 4.79 Å². The van der Waals surface area contributed by atoms with E-state index in [-0.39, 0.29) is 5.56 Å². The number of hydrogen-bond donors (Lipinski definition) is 1. The van der Waals surface area contributed by atoms with Crippen molar-refractivity contribution in [2.24, 2.45) is 0 Å². The van der Waals surface area contributed by atoms with E-state index in [0.717, 1.165) is 5.82 Å². The van der Waals surface area contributed by atoms with Gasteiger partial charge in [-0.25, -0.2) is 4.98 Å². The lowest BCUT2D eigenvalue weighted by Crippen LogP contribution is -2.22. The SMILES string of the molecule is O=c1ccccn1CCNc1ccc(Cl)cn1. The molecule has 0 amide bonds. The Morgan fingerprint density at radius 3 is 2.88 bits per heavy atom. The Labute approximate surface area is 104 Å². The Hall–Kier alpha value is -1.81. The molecule has 0 fully saturated rings. The molecule has 2 aromatic heterocycles. The van der Waals surface area contributed by atoms with Crippen LogP contribution in [0.25, 0.3) is 0 Å². The fourth-order valence-electron chi connectivity index (χ4n) is 1.43. The first-order valence-electron chi connectivity index (χ1n) is 5.26. The number of nitrogens with zero attached hydrogens (tertiary/aromatic N) is 2. The van der Waals surface area contributed by atoms with Crippen LogP contribution < -0.4 is 10.9 Å². The molecule has 17 heavy (non-hydrogen) atoms. The summed E-state index contributed by atoms with van der Waals surface area (Å²) in [6.07, 6.45) is 3.35. The molecule has 5 heteroatoms. The van der Waals surface area contributed by atoms with Crippen molar-refractivity contribution < 1.29 is 0 Å². The second-order valence-electron chi connectivity index (χ2n) is 3.52. The van der Waals surface area contributed by atoms with Crippen LogP contribution in [0.4, 0.5) is 5.82 Å². The monoisotopic (exact) mass is 249 g/mol. The van der Waals surface area contributed by atoms with E-state index >= 15 is 0 Å². The summed E-state index contributed by atoms with van der Waals surface area (Å²) in [6, 6.07) is 8.68. The minimum absolute atomic E-state index is 0.00151. The van der Waals surface area contributed by atoms with Gasteiger partial charge in [-0.15, -0.1) is 0 Å². The van der Waals surface area contributed by atoms with Crippen molar-refractivity contribution in [3.63, 3.8) is 0 Å². The van der Waals surface area contributed by atoms with E-state index < -0.39 is 0 Å². The second kappa shape index (κ2) is 5.50. The summed E-state index contributed by atoms with van der Waals surface area (Å²) in [5, 5.41) is 3.72. The quantitative estimate of drug-likeness (QED) is 0.902. The van der Waals surface area contributed by atoms with Gasteiger partial charge in [0, 0.05) is 31.5 Å². The molecule has 0 spiro atoms. The molecule has 0 saturated carbocycles. The third-order valence-electron chi connectivity index (χ3n) is 2.29. The van der Waals surface area contributed by atoms with Crippen LogP contribution in [0.2, 0.25) is 5.02 Å². The van der Waals surface area contributed by atoms with Gasteiger partial charge >= 0.3 is 0 Å². The van der Waals surface area contributed by atoms with Gasteiger partial charge in [0.15, 0.2) is 0 Å². The maximum atomic E-state index is 11.4. The fraction of sp³-hybridized carbons (Fsp3) is 0.167. The van der Waals surface area contributed by atoms with Crippen LogP contribution in [0.5, 0.6) is 0 Å². The molecule has 0 radical (unpaired) electrons. The van der Waals surface area contributed by atoms with Gasteiger partial charge in [0.05, 0.1) is 5.02 Å². The molecule has 2 aromatic rings. The lowest BCUT2D eigenvalue weighted by Gasteiger charge is -2.07. The predicted octanol–water partition coefficient (Wildman–Crippen LogP) is 2.01. The van der Waals surface area contributed by atoms with Gasteiger partial charge in [-0.2, -0.15) is 0 Å². The number of anilines is 1. The van der Waals surface area contributed by atoms with Gasteiger partial charge in [0.1, 0.15) is 5.82 Å². The molecular weight excluding hydrogens is 238 g/mol. The van der Waals surface area contributed by atoms with E-state index in [9.17, 15) is 4.79 Å². The van der Waals surface area contributed by atoms with E-state index in [0.29, 0.717) is 18.1 Å². The van der Waals surface area contributed by atoms with E-state index in [1.807, 2.05) is 6.07 Å². The Bertz CT molecular complexity index is 536. The first kappa shape index (κ1) is 11.7. The van der Waals surface area contributed by atoms with Crippen molar-refractivity contribution in [1.82, 2.24) is 9.55 Å². The number of pyridine rings is 2. The number of nitrogens with one attached hydrogen (secondary N) is 1. The van der Waals surface area contributed by atoms with E-state index in [4.69, 9.17) is 11.6 Å². The van der Waals surface area contributed by atoms with Crippen LogP contribution >= 0.6 is 11.6 Å². The molecule has 2 heterocycles. The zero-order valence-corrected chi connectivity index (χ0v) is 9.89. The molecule has 0 unspecified atom stereocenters. The van der Waals surface area contributed by atoms with Gasteiger partial charge in [-0.05, 0) is 18.2 Å². The van der Waals surface area contributed by atoms with Crippen LogP contribution in [-0.4, -0.2) is 16.1 Å². The lowest BCUT2D eigenvalue weighted by molar-refractivity contribution is 0.696. The normalized spacial score (nSPS) is 10.2. The zero-order chi connectivity index (χ0) is 12.1. The first-order valence-corrected chi connectivity index (χ1v) is 5.64. The summed E-state index contributed by atoms with van der Waals surface area (Å²) in [7, 11) is 0. The molecule has 0 bridgehead atoms. The third-order valence-corrected chi connectivity index (χ3v) is 2.51. The Morgan fingerprint density at radius 1 is 1.29 bits per heavy atom. The van der Waals surface area contributed by atoms with Crippen LogP contribution in [0.3, 0.4) is 0 Å². The van der Waals surface area contributed by atoms with E-state index in [1.54, 1.807) is 41.2 Å². The fourth-order valence-corrected chi connectivity index (χ4v) is 1.54. The largest absolute Gasteiger partial charge is 0.368 e. The summed E-state index contributed by atoms with van der Waals surface area (Å²) in [4.78, 5) is 15.5.